The highest BCUT2D eigenvalue weighted by molar-refractivity contribution is 9.10. The van der Waals surface area contributed by atoms with E-state index in [1.54, 1.807) is 19.1 Å². The summed E-state index contributed by atoms with van der Waals surface area (Å²) < 4.78 is 14.5. The van der Waals surface area contributed by atoms with Crippen LogP contribution in [0.2, 0.25) is 4.34 Å². The molecule has 1 atom stereocenters. The van der Waals surface area contributed by atoms with E-state index in [9.17, 15) is 14.3 Å². The molecular formula is C13H10BrClFNO2S. The lowest BCUT2D eigenvalue weighted by Crippen LogP contribution is -2.19. The zero-order valence-corrected chi connectivity index (χ0v) is 13.4. The molecule has 2 aromatic rings. The van der Waals surface area contributed by atoms with Gasteiger partial charge in [0.25, 0.3) is 0 Å². The van der Waals surface area contributed by atoms with E-state index in [-0.39, 0.29) is 0 Å². The summed E-state index contributed by atoms with van der Waals surface area (Å²) in [5.41, 5.74) is 1.12. The van der Waals surface area contributed by atoms with Crippen molar-refractivity contribution < 1.29 is 14.3 Å². The zero-order chi connectivity index (χ0) is 14.9. The Morgan fingerprint density at radius 2 is 2.15 bits per heavy atom. The van der Waals surface area contributed by atoms with Gasteiger partial charge in [0.05, 0.1) is 0 Å². The summed E-state index contributed by atoms with van der Waals surface area (Å²) in [7, 11) is 0. The second-order valence-electron chi connectivity index (χ2n) is 4.20. The topological polar surface area (TPSA) is 49.3 Å². The minimum Gasteiger partial charge on any atom is -0.479 e. The van der Waals surface area contributed by atoms with Crippen LogP contribution >= 0.6 is 38.9 Å². The van der Waals surface area contributed by atoms with E-state index in [4.69, 9.17) is 11.6 Å². The number of thiophene rings is 1. The number of aliphatic carboxylic acids is 1. The molecular weight excluding hydrogens is 369 g/mol. The molecule has 0 aliphatic rings. The molecule has 2 N–H and O–H groups in total. The second kappa shape index (κ2) is 6.11. The summed E-state index contributed by atoms with van der Waals surface area (Å²) in [5, 5.41) is 12.1. The molecule has 0 bridgehead atoms. The van der Waals surface area contributed by atoms with E-state index in [0.717, 1.165) is 11.3 Å². The van der Waals surface area contributed by atoms with E-state index in [2.05, 4.69) is 21.2 Å². The number of halogens is 3. The average Bonchev–Trinajstić information content (AvgIpc) is 2.64. The molecule has 1 aromatic heterocycles. The molecule has 0 radical (unpaired) electrons. The summed E-state index contributed by atoms with van der Waals surface area (Å²) in [6.45, 7) is 1.74. The first-order valence-corrected chi connectivity index (χ1v) is 7.57. The molecule has 0 spiro atoms. The van der Waals surface area contributed by atoms with Crippen LogP contribution < -0.4 is 5.32 Å². The monoisotopic (exact) mass is 377 g/mol. The van der Waals surface area contributed by atoms with Crippen molar-refractivity contribution in [3.63, 3.8) is 0 Å². The SMILES string of the molecule is Cc1cc(F)cc(NC(C(=O)O)c2cc(Br)c(Cl)s2)c1. The average molecular weight is 379 g/mol. The van der Waals surface area contributed by atoms with Gasteiger partial charge >= 0.3 is 5.97 Å². The minimum absolute atomic E-state index is 0.413. The number of benzene rings is 1. The molecule has 1 aromatic carbocycles. The Balaban J connectivity index is 2.32. The van der Waals surface area contributed by atoms with Gasteiger partial charge in [0.2, 0.25) is 0 Å². The van der Waals surface area contributed by atoms with Crippen LogP contribution in [-0.2, 0) is 4.79 Å². The van der Waals surface area contributed by atoms with Gasteiger partial charge in [-0.15, -0.1) is 11.3 Å². The van der Waals surface area contributed by atoms with Gasteiger partial charge in [-0.25, -0.2) is 9.18 Å². The molecule has 1 heterocycles. The van der Waals surface area contributed by atoms with Crippen LogP contribution in [0.3, 0.4) is 0 Å². The summed E-state index contributed by atoms with van der Waals surface area (Å²) in [5.74, 6) is -1.47. The fourth-order valence-electron chi connectivity index (χ4n) is 1.75. The first kappa shape index (κ1) is 15.3. The van der Waals surface area contributed by atoms with E-state index in [0.29, 0.717) is 24.9 Å². The number of hydrogen-bond donors (Lipinski definition) is 2. The molecule has 0 fully saturated rings. The van der Waals surface area contributed by atoms with Crippen molar-refractivity contribution in [3.8, 4) is 0 Å². The Labute approximate surface area is 132 Å². The maximum Gasteiger partial charge on any atom is 0.331 e. The van der Waals surface area contributed by atoms with Crippen LogP contribution in [0.15, 0.2) is 28.7 Å². The summed E-state index contributed by atoms with van der Waals surface area (Å²) in [6, 6.07) is 4.98. The lowest BCUT2D eigenvalue weighted by Gasteiger charge is -2.14. The van der Waals surface area contributed by atoms with Gasteiger partial charge in [0, 0.05) is 15.0 Å². The highest BCUT2D eigenvalue weighted by atomic mass is 79.9. The van der Waals surface area contributed by atoms with Crippen molar-refractivity contribution in [2.75, 3.05) is 5.32 Å². The third-order valence-corrected chi connectivity index (χ3v) is 5.09. The summed E-state index contributed by atoms with van der Waals surface area (Å²) in [6.07, 6.45) is 0. The first-order chi connectivity index (χ1) is 9.36. The van der Waals surface area contributed by atoms with Crippen LogP contribution in [0.4, 0.5) is 10.1 Å². The Morgan fingerprint density at radius 1 is 1.45 bits per heavy atom. The maximum atomic E-state index is 13.3. The number of carboxylic acid groups (broad SMARTS) is 1. The van der Waals surface area contributed by atoms with Gasteiger partial charge in [0.15, 0.2) is 6.04 Å². The predicted molar refractivity (Wildman–Crippen MR) is 82.2 cm³/mol. The molecule has 0 aliphatic carbocycles. The predicted octanol–water partition coefficient (Wildman–Crippen LogP) is 4.85. The van der Waals surface area contributed by atoms with Gasteiger partial charge < -0.3 is 10.4 Å². The highest BCUT2D eigenvalue weighted by Gasteiger charge is 2.23. The van der Waals surface area contributed by atoms with Crippen molar-refractivity contribution in [1.82, 2.24) is 0 Å². The third kappa shape index (κ3) is 3.50. The molecule has 0 amide bonds. The lowest BCUT2D eigenvalue weighted by atomic mass is 10.2. The quantitative estimate of drug-likeness (QED) is 0.799. The van der Waals surface area contributed by atoms with Crippen LogP contribution in [-0.4, -0.2) is 11.1 Å². The molecule has 7 heteroatoms. The zero-order valence-electron chi connectivity index (χ0n) is 10.3. The fraction of sp³-hybridized carbons (Fsp3) is 0.154. The number of rotatable bonds is 4. The third-order valence-electron chi connectivity index (χ3n) is 2.55. The van der Waals surface area contributed by atoms with Gasteiger partial charge in [0.1, 0.15) is 10.2 Å². The van der Waals surface area contributed by atoms with Crippen molar-refractivity contribution in [3.05, 3.63) is 49.3 Å². The van der Waals surface area contributed by atoms with E-state index < -0.39 is 17.8 Å². The first-order valence-electron chi connectivity index (χ1n) is 5.58. The van der Waals surface area contributed by atoms with E-state index in [1.165, 1.54) is 12.1 Å². The highest BCUT2D eigenvalue weighted by Crippen LogP contribution is 2.36. The standard InChI is InChI=1S/C13H10BrClFNO2S/c1-6-2-7(16)4-8(3-6)17-11(13(18)19)10-5-9(14)12(15)20-10/h2-5,11,17H,1H3,(H,18,19). The molecule has 3 nitrogen and oxygen atoms in total. The van der Waals surface area contributed by atoms with Crippen molar-refractivity contribution >= 4 is 50.5 Å². The smallest absolute Gasteiger partial charge is 0.331 e. The Bertz CT molecular complexity index is 622. The number of carboxylic acids is 1. The molecule has 106 valence electrons. The van der Waals surface area contributed by atoms with Crippen molar-refractivity contribution in [1.29, 1.82) is 0 Å². The largest absolute Gasteiger partial charge is 0.479 e. The minimum atomic E-state index is -1.06. The molecule has 20 heavy (non-hydrogen) atoms. The van der Waals surface area contributed by atoms with E-state index >= 15 is 0 Å². The number of aryl methyl sites for hydroxylation is 1. The normalized spacial score (nSPS) is 12.2. The van der Waals surface area contributed by atoms with Gasteiger partial charge in [-0.05, 0) is 52.7 Å². The fourth-order valence-corrected chi connectivity index (χ4v) is 3.53. The van der Waals surface area contributed by atoms with Crippen molar-refractivity contribution in [2.24, 2.45) is 0 Å². The number of carbonyl (C=O) groups is 1. The second-order valence-corrected chi connectivity index (χ2v) is 6.74. The molecule has 2 rings (SSSR count). The Hall–Kier alpha value is -1.11. The number of hydrogen-bond acceptors (Lipinski definition) is 3. The van der Waals surface area contributed by atoms with Crippen LogP contribution in [0.5, 0.6) is 0 Å². The van der Waals surface area contributed by atoms with Crippen LogP contribution in [0.25, 0.3) is 0 Å². The van der Waals surface area contributed by atoms with Gasteiger partial charge in [-0.1, -0.05) is 11.6 Å². The Kier molecular flexibility index (Phi) is 4.67. The van der Waals surface area contributed by atoms with E-state index in [1.807, 2.05) is 0 Å². The number of nitrogens with one attached hydrogen (secondary N) is 1. The lowest BCUT2D eigenvalue weighted by molar-refractivity contribution is -0.138. The number of anilines is 1. The Morgan fingerprint density at radius 3 is 2.65 bits per heavy atom. The summed E-state index contributed by atoms with van der Waals surface area (Å²) in [4.78, 5) is 11.9. The van der Waals surface area contributed by atoms with Crippen LogP contribution in [0.1, 0.15) is 16.5 Å². The van der Waals surface area contributed by atoms with Gasteiger partial charge in [-0.3, -0.25) is 0 Å². The van der Waals surface area contributed by atoms with Crippen LogP contribution in [0, 0.1) is 12.7 Å². The maximum absolute atomic E-state index is 13.3. The summed E-state index contributed by atoms with van der Waals surface area (Å²) >= 11 is 10.3. The molecule has 0 aliphatic heterocycles. The molecule has 0 saturated carbocycles. The van der Waals surface area contributed by atoms with Crippen molar-refractivity contribution in [2.45, 2.75) is 13.0 Å². The molecule has 0 saturated heterocycles. The molecule has 1 unspecified atom stereocenters. The van der Waals surface area contributed by atoms with Gasteiger partial charge in [-0.2, -0.15) is 0 Å².